The van der Waals surface area contributed by atoms with Crippen LogP contribution in [-0.4, -0.2) is 24.4 Å². The van der Waals surface area contributed by atoms with Crippen LogP contribution in [0.3, 0.4) is 0 Å². The Morgan fingerprint density at radius 1 is 1.12 bits per heavy atom. The van der Waals surface area contributed by atoms with E-state index >= 15 is 0 Å². The van der Waals surface area contributed by atoms with Gasteiger partial charge in [-0.15, -0.1) is 0 Å². The SMILES string of the molecule is C=C(NNC(=O)c1ccc(NC(C)=O)cc1)[C@@H](C(=O)OCC)C(C)C. The van der Waals surface area contributed by atoms with Gasteiger partial charge in [-0.3, -0.25) is 19.8 Å². The minimum Gasteiger partial charge on any atom is -0.465 e. The third kappa shape index (κ3) is 6.29. The van der Waals surface area contributed by atoms with Gasteiger partial charge in [0.1, 0.15) is 0 Å². The van der Waals surface area contributed by atoms with Gasteiger partial charge in [0.2, 0.25) is 5.91 Å². The number of hydrazine groups is 1. The molecule has 0 heterocycles. The third-order valence-corrected chi connectivity index (χ3v) is 3.39. The van der Waals surface area contributed by atoms with Crippen LogP contribution in [0.1, 0.15) is 38.1 Å². The Labute approximate surface area is 147 Å². The second kappa shape index (κ2) is 9.46. The van der Waals surface area contributed by atoms with Gasteiger partial charge in [0.25, 0.3) is 5.91 Å². The topological polar surface area (TPSA) is 96.5 Å². The Morgan fingerprint density at radius 2 is 1.72 bits per heavy atom. The van der Waals surface area contributed by atoms with Crippen LogP contribution in [0.15, 0.2) is 36.5 Å². The number of ether oxygens (including phenoxy) is 1. The van der Waals surface area contributed by atoms with Crippen LogP contribution in [0, 0.1) is 11.8 Å². The van der Waals surface area contributed by atoms with Crippen molar-refractivity contribution in [3.63, 3.8) is 0 Å². The van der Waals surface area contributed by atoms with E-state index < -0.39 is 5.92 Å². The molecule has 0 saturated heterocycles. The quantitative estimate of drug-likeness (QED) is 0.495. The number of benzene rings is 1. The predicted octanol–water partition coefficient (Wildman–Crippen LogP) is 2.23. The fourth-order valence-electron chi connectivity index (χ4n) is 2.24. The van der Waals surface area contributed by atoms with Crippen LogP contribution < -0.4 is 16.2 Å². The molecule has 0 fully saturated rings. The van der Waals surface area contributed by atoms with E-state index in [4.69, 9.17) is 4.74 Å². The maximum absolute atomic E-state index is 12.2. The first kappa shape index (κ1) is 20.2. The molecule has 0 radical (unpaired) electrons. The van der Waals surface area contributed by atoms with Gasteiger partial charge in [-0.1, -0.05) is 20.4 Å². The fraction of sp³-hybridized carbons (Fsp3) is 0.389. The summed E-state index contributed by atoms with van der Waals surface area (Å²) in [6, 6.07) is 6.41. The van der Waals surface area contributed by atoms with Crippen LogP contribution >= 0.6 is 0 Å². The molecule has 0 spiro atoms. The van der Waals surface area contributed by atoms with Crippen molar-refractivity contribution in [3.8, 4) is 0 Å². The first-order valence-electron chi connectivity index (χ1n) is 8.05. The highest BCUT2D eigenvalue weighted by atomic mass is 16.5. The smallest absolute Gasteiger partial charge is 0.315 e. The fourth-order valence-corrected chi connectivity index (χ4v) is 2.24. The number of esters is 1. The predicted molar refractivity (Wildman–Crippen MR) is 95.4 cm³/mol. The summed E-state index contributed by atoms with van der Waals surface area (Å²) in [4.78, 5) is 35.1. The highest BCUT2D eigenvalue weighted by Gasteiger charge is 2.27. The molecule has 1 rings (SSSR count). The largest absolute Gasteiger partial charge is 0.465 e. The first-order valence-corrected chi connectivity index (χ1v) is 8.05. The average molecular weight is 347 g/mol. The van der Waals surface area contributed by atoms with Crippen LogP contribution in [0.4, 0.5) is 5.69 Å². The van der Waals surface area contributed by atoms with E-state index in [-0.39, 0.29) is 30.3 Å². The molecule has 0 bridgehead atoms. The lowest BCUT2D eigenvalue weighted by molar-refractivity contribution is -0.148. The molecule has 1 aromatic rings. The number of nitrogens with one attached hydrogen (secondary N) is 3. The van der Waals surface area contributed by atoms with Crippen molar-refractivity contribution in [2.75, 3.05) is 11.9 Å². The Kier molecular flexibility index (Phi) is 7.65. The summed E-state index contributed by atoms with van der Waals surface area (Å²) in [5, 5.41) is 2.62. The molecule has 2 amide bonds. The Morgan fingerprint density at radius 3 is 2.20 bits per heavy atom. The van der Waals surface area contributed by atoms with Gasteiger partial charge in [0.05, 0.1) is 12.5 Å². The zero-order chi connectivity index (χ0) is 19.0. The number of amides is 2. The minimum absolute atomic E-state index is 0.0344. The number of anilines is 1. The highest BCUT2D eigenvalue weighted by molar-refractivity contribution is 5.95. The maximum atomic E-state index is 12.2. The van der Waals surface area contributed by atoms with E-state index in [2.05, 4.69) is 22.7 Å². The van der Waals surface area contributed by atoms with Crippen molar-refractivity contribution < 1.29 is 19.1 Å². The number of carbonyl (C=O) groups is 3. The van der Waals surface area contributed by atoms with Crippen LogP contribution in [0.25, 0.3) is 0 Å². The monoisotopic (exact) mass is 347 g/mol. The molecular weight excluding hydrogens is 322 g/mol. The maximum Gasteiger partial charge on any atom is 0.315 e. The van der Waals surface area contributed by atoms with E-state index in [1.54, 1.807) is 31.2 Å². The molecule has 25 heavy (non-hydrogen) atoms. The molecule has 0 aromatic heterocycles. The van der Waals surface area contributed by atoms with E-state index in [0.29, 0.717) is 16.9 Å². The third-order valence-electron chi connectivity index (χ3n) is 3.39. The van der Waals surface area contributed by atoms with Gasteiger partial charge in [-0.2, -0.15) is 0 Å². The molecule has 0 aliphatic heterocycles. The summed E-state index contributed by atoms with van der Waals surface area (Å²) < 4.78 is 5.04. The van der Waals surface area contributed by atoms with Gasteiger partial charge in [0.15, 0.2) is 0 Å². The molecule has 1 aromatic carbocycles. The molecule has 0 aliphatic carbocycles. The molecule has 7 nitrogen and oxygen atoms in total. The van der Waals surface area contributed by atoms with E-state index in [0.717, 1.165) is 0 Å². The van der Waals surface area contributed by atoms with Crippen LogP contribution in [-0.2, 0) is 14.3 Å². The van der Waals surface area contributed by atoms with E-state index in [1.807, 2.05) is 13.8 Å². The van der Waals surface area contributed by atoms with Crippen molar-refractivity contribution in [1.82, 2.24) is 10.9 Å². The van der Waals surface area contributed by atoms with Crippen molar-refractivity contribution in [2.45, 2.75) is 27.7 Å². The normalized spacial score (nSPS) is 11.4. The Bertz CT molecular complexity index is 638. The lowest BCUT2D eigenvalue weighted by Crippen LogP contribution is -2.41. The van der Waals surface area contributed by atoms with Crippen molar-refractivity contribution in [3.05, 3.63) is 42.1 Å². The zero-order valence-corrected chi connectivity index (χ0v) is 15.0. The van der Waals surface area contributed by atoms with Gasteiger partial charge in [-0.05, 0) is 37.1 Å². The molecule has 0 unspecified atom stereocenters. The molecule has 0 aliphatic rings. The summed E-state index contributed by atoms with van der Waals surface area (Å²) in [7, 11) is 0. The van der Waals surface area contributed by atoms with Gasteiger partial charge >= 0.3 is 5.97 Å². The van der Waals surface area contributed by atoms with E-state index in [1.165, 1.54) is 6.92 Å². The second-order valence-electron chi connectivity index (χ2n) is 5.84. The number of carbonyl (C=O) groups excluding carboxylic acids is 3. The minimum atomic E-state index is -0.567. The second-order valence-corrected chi connectivity index (χ2v) is 5.84. The average Bonchev–Trinajstić information content (AvgIpc) is 2.52. The summed E-state index contributed by atoms with van der Waals surface area (Å²) in [5.74, 6) is -1.56. The molecule has 7 heteroatoms. The molecule has 0 saturated carbocycles. The van der Waals surface area contributed by atoms with Crippen LogP contribution in [0.5, 0.6) is 0 Å². The summed E-state index contributed by atoms with van der Waals surface area (Å²) in [5.41, 5.74) is 6.55. The number of hydrogen-bond donors (Lipinski definition) is 3. The van der Waals surface area contributed by atoms with Crippen molar-refractivity contribution in [1.29, 1.82) is 0 Å². The standard InChI is InChI=1S/C18H25N3O4/c1-6-25-18(24)16(11(2)3)12(4)20-21-17(23)14-7-9-15(10-8-14)19-13(5)22/h7-11,16,20H,4,6H2,1-3,5H3,(H,19,22)(H,21,23)/t16-/m0/s1. The summed E-state index contributed by atoms with van der Waals surface area (Å²) >= 11 is 0. The van der Waals surface area contributed by atoms with Crippen molar-refractivity contribution >= 4 is 23.5 Å². The molecular formula is C18H25N3O4. The number of hydrogen-bond acceptors (Lipinski definition) is 5. The van der Waals surface area contributed by atoms with Gasteiger partial charge in [-0.25, -0.2) is 0 Å². The summed E-state index contributed by atoms with van der Waals surface area (Å²) in [6.07, 6.45) is 0. The summed E-state index contributed by atoms with van der Waals surface area (Å²) in [6.45, 7) is 11.0. The highest BCUT2D eigenvalue weighted by Crippen LogP contribution is 2.19. The lowest BCUT2D eigenvalue weighted by Gasteiger charge is -2.22. The molecule has 136 valence electrons. The first-order chi connectivity index (χ1) is 11.8. The Balaban J connectivity index is 2.66. The van der Waals surface area contributed by atoms with Gasteiger partial charge < -0.3 is 15.5 Å². The van der Waals surface area contributed by atoms with Crippen LogP contribution in [0.2, 0.25) is 0 Å². The van der Waals surface area contributed by atoms with E-state index in [9.17, 15) is 14.4 Å². The molecule has 3 N–H and O–H groups in total. The van der Waals surface area contributed by atoms with Gasteiger partial charge in [0, 0.05) is 23.9 Å². The van der Waals surface area contributed by atoms with Crippen molar-refractivity contribution in [2.24, 2.45) is 11.8 Å². The number of rotatable bonds is 8. The lowest BCUT2D eigenvalue weighted by atomic mass is 9.93. The zero-order valence-electron chi connectivity index (χ0n) is 15.0. The molecule has 1 atom stereocenters. The Hall–Kier alpha value is -2.83.